The van der Waals surface area contributed by atoms with Crippen molar-refractivity contribution in [2.45, 2.75) is 6.54 Å². The van der Waals surface area contributed by atoms with Crippen LogP contribution in [-0.4, -0.2) is 15.5 Å². The Morgan fingerprint density at radius 3 is 2.86 bits per heavy atom. The van der Waals surface area contributed by atoms with Crippen LogP contribution in [-0.2, 0) is 6.54 Å². The van der Waals surface area contributed by atoms with Gasteiger partial charge in [0.2, 0.25) is 0 Å². The largest absolute Gasteiger partial charge is 0.356 e. The number of benzene rings is 1. The lowest BCUT2D eigenvalue weighted by molar-refractivity contribution is 0.0993. The van der Waals surface area contributed by atoms with E-state index in [-0.39, 0.29) is 5.91 Å². The molecule has 0 aliphatic heterocycles. The quantitative estimate of drug-likeness (QED) is 0.791. The summed E-state index contributed by atoms with van der Waals surface area (Å²) in [5, 5.41) is 2.41. The Balaban J connectivity index is 1.88. The molecular weight excluding hydrogens is 306 g/mol. The van der Waals surface area contributed by atoms with E-state index in [0.717, 1.165) is 5.56 Å². The van der Waals surface area contributed by atoms with Crippen molar-refractivity contribution in [3.05, 3.63) is 75.3 Å². The number of carbonyl (C=O) groups excluding carboxylic acids is 1. The van der Waals surface area contributed by atoms with Crippen LogP contribution in [0.15, 0.2) is 59.2 Å². The standard InChI is InChI=1S/C15H12ClN3OS/c16-12-8-13(17-9-12)14(20)18-15-19(6-7-21-15)10-11-4-2-1-3-5-11/h1-9,17H,10H2. The van der Waals surface area contributed by atoms with Crippen molar-refractivity contribution >= 4 is 28.8 Å². The van der Waals surface area contributed by atoms with Gasteiger partial charge in [-0.05, 0) is 11.6 Å². The van der Waals surface area contributed by atoms with Gasteiger partial charge < -0.3 is 9.55 Å². The number of thiazole rings is 1. The molecule has 0 unspecified atom stereocenters. The zero-order chi connectivity index (χ0) is 14.7. The van der Waals surface area contributed by atoms with Gasteiger partial charge in [-0.1, -0.05) is 41.9 Å². The number of carbonyl (C=O) groups is 1. The fraction of sp³-hybridized carbons (Fsp3) is 0.0667. The first-order valence-electron chi connectivity index (χ1n) is 6.33. The number of nitrogens with one attached hydrogen (secondary N) is 1. The van der Waals surface area contributed by atoms with Crippen molar-refractivity contribution in [2.75, 3.05) is 0 Å². The summed E-state index contributed by atoms with van der Waals surface area (Å²) in [5.41, 5.74) is 1.55. The average Bonchev–Trinajstić information content (AvgIpc) is 3.10. The van der Waals surface area contributed by atoms with Crippen LogP contribution in [0.3, 0.4) is 0 Å². The number of rotatable bonds is 3. The number of halogens is 1. The number of hydrogen-bond donors (Lipinski definition) is 1. The molecule has 0 saturated carbocycles. The third kappa shape index (κ3) is 3.32. The summed E-state index contributed by atoms with van der Waals surface area (Å²) < 4.78 is 1.95. The molecule has 1 aromatic carbocycles. The molecule has 2 heterocycles. The van der Waals surface area contributed by atoms with Gasteiger partial charge in [-0.15, -0.1) is 11.3 Å². The molecule has 0 saturated heterocycles. The molecule has 21 heavy (non-hydrogen) atoms. The molecule has 2 aromatic heterocycles. The smallest absolute Gasteiger partial charge is 0.296 e. The van der Waals surface area contributed by atoms with Crippen LogP contribution in [0.5, 0.6) is 0 Å². The van der Waals surface area contributed by atoms with Gasteiger partial charge in [-0.25, -0.2) is 0 Å². The Morgan fingerprint density at radius 2 is 2.14 bits per heavy atom. The summed E-state index contributed by atoms with van der Waals surface area (Å²) in [6.07, 6.45) is 3.49. The Kier molecular flexibility index (Phi) is 4.03. The van der Waals surface area contributed by atoms with Crippen molar-refractivity contribution in [3.63, 3.8) is 0 Å². The molecule has 1 N–H and O–H groups in total. The summed E-state index contributed by atoms with van der Waals surface area (Å²) >= 11 is 7.22. The molecule has 0 aliphatic carbocycles. The van der Waals surface area contributed by atoms with Crippen LogP contribution >= 0.6 is 22.9 Å². The monoisotopic (exact) mass is 317 g/mol. The molecule has 106 valence electrons. The summed E-state index contributed by atoms with van der Waals surface area (Å²) in [4.78, 5) is 19.7. The number of nitrogens with zero attached hydrogens (tertiary/aromatic N) is 2. The second-order valence-electron chi connectivity index (χ2n) is 4.45. The van der Waals surface area contributed by atoms with Crippen molar-refractivity contribution in [1.82, 2.24) is 9.55 Å². The maximum atomic E-state index is 12.1. The topological polar surface area (TPSA) is 50.1 Å². The predicted octanol–water partition coefficient (Wildman–Crippen LogP) is 3.32. The minimum Gasteiger partial charge on any atom is -0.356 e. The van der Waals surface area contributed by atoms with Gasteiger partial charge in [0.05, 0.1) is 5.02 Å². The van der Waals surface area contributed by atoms with Crippen molar-refractivity contribution in [1.29, 1.82) is 0 Å². The summed E-state index contributed by atoms with van der Waals surface area (Å²) in [6.45, 7) is 0.682. The third-order valence-electron chi connectivity index (χ3n) is 2.93. The van der Waals surface area contributed by atoms with E-state index in [4.69, 9.17) is 11.6 Å². The second-order valence-corrected chi connectivity index (χ2v) is 5.76. The molecule has 4 nitrogen and oxygen atoms in total. The molecule has 0 fully saturated rings. The van der Waals surface area contributed by atoms with E-state index in [9.17, 15) is 4.79 Å². The van der Waals surface area contributed by atoms with Crippen LogP contribution < -0.4 is 4.80 Å². The summed E-state index contributed by atoms with van der Waals surface area (Å²) in [7, 11) is 0. The molecule has 0 spiro atoms. The summed E-state index contributed by atoms with van der Waals surface area (Å²) in [5.74, 6) is -0.328. The van der Waals surface area contributed by atoms with E-state index in [2.05, 4.69) is 9.98 Å². The van der Waals surface area contributed by atoms with Gasteiger partial charge in [-0.2, -0.15) is 4.99 Å². The number of amides is 1. The SMILES string of the molecule is O=C(N=c1sccn1Cc1ccccc1)c1cc(Cl)c[nH]1. The van der Waals surface area contributed by atoms with Crippen LogP contribution in [0.25, 0.3) is 0 Å². The minimum atomic E-state index is -0.328. The number of H-pyrrole nitrogens is 1. The molecular formula is C15H12ClN3OS. The predicted molar refractivity (Wildman–Crippen MR) is 83.5 cm³/mol. The molecule has 1 amide bonds. The zero-order valence-corrected chi connectivity index (χ0v) is 12.6. The van der Waals surface area contributed by atoms with Gasteiger partial charge in [0, 0.05) is 24.3 Å². The number of hydrogen-bond acceptors (Lipinski definition) is 2. The molecule has 3 aromatic rings. The second kappa shape index (κ2) is 6.11. The number of aromatic nitrogens is 2. The maximum Gasteiger partial charge on any atom is 0.296 e. The van der Waals surface area contributed by atoms with Crippen molar-refractivity contribution in [3.8, 4) is 0 Å². The first kappa shape index (κ1) is 13.9. The molecule has 6 heteroatoms. The Bertz CT molecular complexity index is 817. The van der Waals surface area contributed by atoms with E-state index < -0.39 is 0 Å². The van der Waals surface area contributed by atoms with E-state index in [1.807, 2.05) is 46.5 Å². The maximum absolute atomic E-state index is 12.1. The van der Waals surface area contributed by atoms with E-state index in [1.165, 1.54) is 11.3 Å². The number of aromatic amines is 1. The first-order chi connectivity index (χ1) is 10.2. The zero-order valence-electron chi connectivity index (χ0n) is 11.0. The van der Waals surface area contributed by atoms with Crippen molar-refractivity contribution in [2.24, 2.45) is 4.99 Å². The highest BCUT2D eigenvalue weighted by Crippen LogP contribution is 2.10. The highest BCUT2D eigenvalue weighted by molar-refractivity contribution is 7.07. The fourth-order valence-corrected chi connectivity index (χ4v) is 2.82. The molecule has 0 bridgehead atoms. The third-order valence-corrected chi connectivity index (χ3v) is 3.94. The molecule has 3 rings (SSSR count). The lowest BCUT2D eigenvalue weighted by atomic mass is 10.2. The summed E-state index contributed by atoms with van der Waals surface area (Å²) in [6, 6.07) is 11.6. The van der Waals surface area contributed by atoms with Gasteiger partial charge in [0.15, 0.2) is 4.80 Å². The minimum absolute atomic E-state index is 0.328. The van der Waals surface area contributed by atoms with Gasteiger partial charge in [0.1, 0.15) is 5.69 Å². The average molecular weight is 318 g/mol. The molecule has 0 atom stereocenters. The Labute approximate surface area is 130 Å². The highest BCUT2D eigenvalue weighted by Gasteiger charge is 2.07. The van der Waals surface area contributed by atoms with Crippen LogP contribution in [0.1, 0.15) is 16.1 Å². The molecule has 0 aliphatic rings. The lowest BCUT2D eigenvalue weighted by Crippen LogP contribution is -2.17. The van der Waals surface area contributed by atoms with Crippen LogP contribution in [0, 0.1) is 0 Å². The fourth-order valence-electron chi connectivity index (χ4n) is 1.93. The normalized spacial score (nSPS) is 11.8. The van der Waals surface area contributed by atoms with Crippen molar-refractivity contribution < 1.29 is 4.79 Å². The van der Waals surface area contributed by atoms with Gasteiger partial charge >= 0.3 is 0 Å². The van der Waals surface area contributed by atoms with E-state index in [0.29, 0.717) is 22.1 Å². The molecule has 0 radical (unpaired) electrons. The van der Waals surface area contributed by atoms with Gasteiger partial charge in [0.25, 0.3) is 5.91 Å². The van der Waals surface area contributed by atoms with Crippen LogP contribution in [0.4, 0.5) is 0 Å². The van der Waals surface area contributed by atoms with E-state index >= 15 is 0 Å². The highest BCUT2D eigenvalue weighted by atomic mass is 35.5. The van der Waals surface area contributed by atoms with E-state index in [1.54, 1.807) is 12.3 Å². The van der Waals surface area contributed by atoms with Gasteiger partial charge in [-0.3, -0.25) is 4.79 Å². The van der Waals surface area contributed by atoms with Crippen LogP contribution in [0.2, 0.25) is 5.02 Å². The Hall–Kier alpha value is -2.11. The lowest BCUT2D eigenvalue weighted by Gasteiger charge is -2.02. The Morgan fingerprint density at radius 1 is 1.33 bits per heavy atom. The first-order valence-corrected chi connectivity index (χ1v) is 7.59.